The predicted molar refractivity (Wildman–Crippen MR) is 106 cm³/mol. The van der Waals surface area contributed by atoms with E-state index in [9.17, 15) is 13.2 Å². The fourth-order valence-corrected chi connectivity index (χ4v) is 3.77. The zero-order valence-electron chi connectivity index (χ0n) is 15.5. The number of rotatable bonds is 8. The van der Waals surface area contributed by atoms with E-state index in [1.807, 2.05) is 25.1 Å². The first-order valence-corrected chi connectivity index (χ1v) is 10.6. The topological polar surface area (TPSA) is 66.5 Å². The molecule has 0 saturated heterocycles. The standard InChI is InChI=1S/C20H26N2O3S/c1-4-22(26(3,24)25)19-14-12-18(13-15-19)20(23)21-16(2)10-11-17-8-6-5-7-9-17/h5-9,12-16H,4,10-11H2,1-3H3,(H,21,23)/t16-/m1/s1. The number of anilines is 1. The average molecular weight is 375 g/mol. The second kappa shape index (κ2) is 8.85. The Hall–Kier alpha value is -2.34. The second-order valence-corrected chi connectivity index (χ2v) is 8.28. The normalized spacial score (nSPS) is 12.4. The van der Waals surface area contributed by atoms with E-state index < -0.39 is 10.0 Å². The third-order valence-corrected chi connectivity index (χ3v) is 5.46. The smallest absolute Gasteiger partial charge is 0.251 e. The van der Waals surface area contributed by atoms with Crippen molar-refractivity contribution in [3.63, 3.8) is 0 Å². The number of benzene rings is 2. The Morgan fingerprint density at radius 3 is 2.23 bits per heavy atom. The summed E-state index contributed by atoms with van der Waals surface area (Å²) in [7, 11) is -3.32. The van der Waals surface area contributed by atoms with Gasteiger partial charge in [-0.25, -0.2) is 8.42 Å². The maximum Gasteiger partial charge on any atom is 0.251 e. The third kappa shape index (κ3) is 5.59. The van der Waals surface area contributed by atoms with Gasteiger partial charge in [0.15, 0.2) is 0 Å². The van der Waals surface area contributed by atoms with Crippen molar-refractivity contribution >= 4 is 21.6 Å². The van der Waals surface area contributed by atoms with E-state index in [4.69, 9.17) is 0 Å². The van der Waals surface area contributed by atoms with E-state index in [1.165, 1.54) is 16.1 Å². The Morgan fingerprint density at radius 2 is 1.69 bits per heavy atom. The first-order valence-electron chi connectivity index (χ1n) is 8.74. The molecular formula is C20H26N2O3S. The maximum atomic E-state index is 12.4. The van der Waals surface area contributed by atoms with Gasteiger partial charge in [-0.15, -0.1) is 0 Å². The minimum absolute atomic E-state index is 0.0468. The molecule has 1 amide bonds. The van der Waals surface area contributed by atoms with Gasteiger partial charge in [-0.2, -0.15) is 0 Å². The summed E-state index contributed by atoms with van der Waals surface area (Å²) < 4.78 is 24.8. The molecule has 2 aromatic rings. The van der Waals surface area contributed by atoms with Crippen LogP contribution in [-0.4, -0.2) is 33.2 Å². The van der Waals surface area contributed by atoms with Crippen molar-refractivity contribution < 1.29 is 13.2 Å². The highest BCUT2D eigenvalue weighted by atomic mass is 32.2. The molecular weight excluding hydrogens is 348 g/mol. The quantitative estimate of drug-likeness (QED) is 0.771. The molecule has 1 N–H and O–H groups in total. The third-order valence-electron chi connectivity index (χ3n) is 4.19. The highest BCUT2D eigenvalue weighted by Gasteiger charge is 2.16. The van der Waals surface area contributed by atoms with Crippen LogP contribution in [0.1, 0.15) is 36.2 Å². The molecule has 0 unspecified atom stereocenters. The number of aryl methyl sites for hydroxylation is 1. The summed E-state index contributed by atoms with van der Waals surface area (Å²) in [5.41, 5.74) is 2.33. The summed E-state index contributed by atoms with van der Waals surface area (Å²) in [6.45, 7) is 4.11. The zero-order valence-corrected chi connectivity index (χ0v) is 16.3. The summed E-state index contributed by atoms with van der Waals surface area (Å²) in [5, 5.41) is 2.99. The molecule has 1 atom stereocenters. The molecule has 0 bridgehead atoms. The first kappa shape index (κ1) is 20.0. The molecule has 0 aliphatic heterocycles. The van der Waals surface area contributed by atoms with E-state index in [2.05, 4.69) is 17.4 Å². The number of nitrogens with zero attached hydrogens (tertiary/aromatic N) is 1. The SMILES string of the molecule is CCN(c1ccc(C(=O)N[C@H](C)CCc2ccccc2)cc1)S(C)(=O)=O. The zero-order chi connectivity index (χ0) is 19.2. The first-order chi connectivity index (χ1) is 12.3. The largest absolute Gasteiger partial charge is 0.350 e. The summed E-state index contributed by atoms with van der Waals surface area (Å²) in [5.74, 6) is -0.153. The van der Waals surface area contributed by atoms with Gasteiger partial charge in [0.1, 0.15) is 0 Å². The fourth-order valence-electron chi connectivity index (χ4n) is 2.79. The molecule has 0 fully saturated rings. The molecule has 0 aliphatic carbocycles. The van der Waals surface area contributed by atoms with Crippen LogP contribution >= 0.6 is 0 Å². The van der Waals surface area contributed by atoms with Crippen LogP contribution in [0.15, 0.2) is 54.6 Å². The van der Waals surface area contributed by atoms with Crippen LogP contribution in [0.4, 0.5) is 5.69 Å². The molecule has 0 aliphatic rings. The van der Waals surface area contributed by atoms with Gasteiger partial charge < -0.3 is 5.32 Å². The molecule has 2 aromatic carbocycles. The summed E-state index contributed by atoms with van der Waals surface area (Å²) in [6.07, 6.45) is 2.93. The molecule has 0 heterocycles. The van der Waals surface area contributed by atoms with Crippen molar-refractivity contribution in [1.82, 2.24) is 5.32 Å². The van der Waals surface area contributed by atoms with Crippen molar-refractivity contribution in [2.24, 2.45) is 0 Å². The van der Waals surface area contributed by atoms with Crippen molar-refractivity contribution in [2.45, 2.75) is 32.7 Å². The second-order valence-electron chi connectivity index (χ2n) is 6.37. The van der Waals surface area contributed by atoms with Gasteiger partial charge >= 0.3 is 0 Å². The van der Waals surface area contributed by atoms with Crippen LogP contribution in [0.5, 0.6) is 0 Å². The summed E-state index contributed by atoms with van der Waals surface area (Å²) in [6, 6.07) is 16.8. The number of amides is 1. The number of carbonyl (C=O) groups is 1. The summed E-state index contributed by atoms with van der Waals surface area (Å²) >= 11 is 0. The lowest BCUT2D eigenvalue weighted by molar-refractivity contribution is 0.0938. The monoisotopic (exact) mass is 374 g/mol. The van der Waals surface area contributed by atoms with Gasteiger partial charge in [0.25, 0.3) is 5.91 Å². The lowest BCUT2D eigenvalue weighted by Gasteiger charge is -2.20. The van der Waals surface area contributed by atoms with Crippen molar-refractivity contribution in [1.29, 1.82) is 0 Å². The van der Waals surface area contributed by atoms with Gasteiger partial charge in [-0.1, -0.05) is 30.3 Å². The van der Waals surface area contributed by atoms with E-state index in [0.717, 1.165) is 12.8 Å². The Labute approximate surface area is 156 Å². The van der Waals surface area contributed by atoms with E-state index in [-0.39, 0.29) is 11.9 Å². The number of sulfonamides is 1. The number of hydrogen-bond acceptors (Lipinski definition) is 3. The van der Waals surface area contributed by atoms with Gasteiger partial charge in [0, 0.05) is 18.2 Å². The van der Waals surface area contributed by atoms with Crippen molar-refractivity contribution in [3.05, 3.63) is 65.7 Å². The van der Waals surface area contributed by atoms with Gasteiger partial charge in [0.05, 0.1) is 11.9 Å². The van der Waals surface area contributed by atoms with E-state index in [0.29, 0.717) is 17.8 Å². The highest BCUT2D eigenvalue weighted by Crippen LogP contribution is 2.18. The maximum absolute atomic E-state index is 12.4. The Morgan fingerprint density at radius 1 is 1.08 bits per heavy atom. The van der Waals surface area contributed by atoms with Crippen LogP contribution in [0.25, 0.3) is 0 Å². The van der Waals surface area contributed by atoms with Gasteiger partial charge in [-0.05, 0) is 56.5 Å². The van der Waals surface area contributed by atoms with Crippen LogP contribution < -0.4 is 9.62 Å². The minimum atomic E-state index is -3.32. The Kier molecular flexibility index (Phi) is 6.80. The predicted octanol–water partition coefficient (Wildman–Crippen LogP) is 3.22. The molecule has 2 rings (SSSR count). The lowest BCUT2D eigenvalue weighted by atomic mass is 10.1. The van der Waals surface area contributed by atoms with Crippen LogP contribution in [-0.2, 0) is 16.4 Å². The highest BCUT2D eigenvalue weighted by molar-refractivity contribution is 7.92. The molecule has 0 saturated carbocycles. The van der Waals surface area contributed by atoms with Crippen LogP contribution in [0.3, 0.4) is 0 Å². The Bertz CT molecular complexity index is 818. The summed E-state index contributed by atoms with van der Waals surface area (Å²) in [4.78, 5) is 12.4. The lowest BCUT2D eigenvalue weighted by Crippen LogP contribution is -2.33. The minimum Gasteiger partial charge on any atom is -0.350 e. The number of nitrogens with one attached hydrogen (secondary N) is 1. The average Bonchev–Trinajstić information content (AvgIpc) is 2.61. The molecule has 0 radical (unpaired) electrons. The Balaban J connectivity index is 1.95. The van der Waals surface area contributed by atoms with Crippen molar-refractivity contribution in [3.8, 4) is 0 Å². The van der Waals surface area contributed by atoms with Gasteiger partial charge in [-0.3, -0.25) is 9.10 Å². The number of hydrogen-bond donors (Lipinski definition) is 1. The molecule has 5 nitrogen and oxygen atoms in total. The van der Waals surface area contributed by atoms with Crippen molar-refractivity contribution in [2.75, 3.05) is 17.1 Å². The molecule has 26 heavy (non-hydrogen) atoms. The van der Waals surface area contributed by atoms with Gasteiger partial charge in [0.2, 0.25) is 10.0 Å². The van der Waals surface area contributed by atoms with E-state index >= 15 is 0 Å². The molecule has 140 valence electrons. The molecule has 6 heteroatoms. The van der Waals surface area contributed by atoms with Crippen LogP contribution in [0, 0.1) is 0 Å². The van der Waals surface area contributed by atoms with Crippen LogP contribution in [0.2, 0.25) is 0 Å². The molecule has 0 spiro atoms. The fraction of sp³-hybridized carbons (Fsp3) is 0.350. The molecule has 0 aromatic heterocycles. The van der Waals surface area contributed by atoms with E-state index in [1.54, 1.807) is 31.2 Å². The number of carbonyl (C=O) groups excluding carboxylic acids is 1.